The van der Waals surface area contributed by atoms with Gasteiger partial charge in [-0.25, -0.2) is 14.4 Å². The second-order valence-corrected chi connectivity index (χ2v) is 24.4. The summed E-state index contributed by atoms with van der Waals surface area (Å²) in [6, 6.07) is 24.1. The van der Waals surface area contributed by atoms with Crippen molar-refractivity contribution in [2.45, 2.75) is 108 Å². The Balaban J connectivity index is 0.980. The van der Waals surface area contributed by atoms with E-state index in [-0.39, 0.29) is 42.6 Å². The van der Waals surface area contributed by atoms with Gasteiger partial charge in [0.25, 0.3) is 16.7 Å². The van der Waals surface area contributed by atoms with Crippen LogP contribution in [-0.4, -0.2) is 119 Å². The van der Waals surface area contributed by atoms with E-state index in [1.165, 1.54) is 57.5 Å². The zero-order chi connectivity index (χ0) is 59.5. The van der Waals surface area contributed by atoms with Crippen LogP contribution in [0, 0.1) is 20.8 Å². The average molecular weight is 1190 g/mol. The van der Waals surface area contributed by atoms with Crippen molar-refractivity contribution in [3.8, 4) is 11.5 Å². The van der Waals surface area contributed by atoms with E-state index in [0.29, 0.717) is 22.6 Å². The van der Waals surface area contributed by atoms with Crippen molar-refractivity contribution in [1.29, 1.82) is 0 Å². The van der Waals surface area contributed by atoms with Crippen molar-refractivity contribution >= 4 is 21.2 Å². The SMILES string of the molecule is COc1ccc(C(OC[C@H]2O[C@@H](n3cc(C)c(=O)[nH]c3=O)C[C@@H]2O[P@@](C)(=O)OC[C@H]2O[C@@H](n3cc(C)c(=O)[nH]c3=O)C[C@@H]2O[P@@](C)(=O)OC[C@H]2O[C@@H](n3cc(C)c(=O)[nH]c3=O)C[C@@H]2OC(C)=O)(c2ccccc2)c2ccc(OC)cc2)cc1. The predicted octanol–water partition coefficient (Wildman–Crippen LogP) is 4.83. The van der Waals surface area contributed by atoms with E-state index in [2.05, 4.69) is 15.0 Å². The van der Waals surface area contributed by atoms with Crippen LogP contribution in [0.3, 0.4) is 0 Å². The molecule has 28 heteroatoms. The second-order valence-electron chi connectivity index (χ2n) is 20.4. The molecule has 11 atom stereocenters. The number of rotatable bonds is 22. The normalized spacial score (nSPS) is 24.0. The number of ether oxygens (including phenoxy) is 7. The molecule has 3 aliphatic rings. The number of hydrogen-bond acceptors (Lipinski definition) is 20. The molecule has 3 aromatic carbocycles. The topological polar surface area (TPSA) is 317 Å². The van der Waals surface area contributed by atoms with Gasteiger partial charge in [0, 0.05) is 74.8 Å². The van der Waals surface area contributed by atoms with E-state index >= 15 is 0 Å². The van der Waals surface area contributed by atoms with Crippen molar-refractivity contribution in [2.24, 2.45) is 0 Å². The number of H-pyrrole nitrogens is 3. The van der Waals surface area contributed by atoms with Crippen LogP contribution in [0.4, 0.5) is 0 Å². The number of benzene rings is 3. The third-order valence-corrected chi connectivity index (χ3v) is 17.0. The van der Waals surface area contributed by atoms with E-state index in [1.807, 2.05) is 54.6 Å². The van der Waals surface area contributed by atoms with Crippen LogP contribution < -0.4 is 43.2 Å². The van der Waals surface area contributed by atoms with E-state index in [9.17, 15) is 42.7 Å². The fourth-order valence-electron chi connectivity index (χ4n) is 10.3. The van der Waals surface area contributed by atoms with E-state index in [1.54, 1.807) is 38.5 Å². The first-order valence-electron chi connectivity index (χ1n) is 26.4. The van der Waals surface area contributed by atoms with Crippen molar-refractivity contribution in [3.05, 3.63) is 193 Å². The molecular formula is C55H64N6O20P2. The smallest absolute Gasteiger partial charge is 0.330 e. The summed E-state index contributed by atoms with van der Waals surface area (Å²) in [5.74, 6) is 0.514. The number of esters is 1. The number of aromatic nitrogens is 6. The summed E-state index contributed by atoms with van der Waals surface area (Å²) in [6.45, 7) is 6.74. The van der Waals surface area contributed by atoms with Crippen LogP contribution in [0.1, 0.15) is 78.3 Å². The van der Waals surface area contributed by atoms with Crippen LogP contribution in [-0.2, 0) is 61.3 Å². The van der Waals surface area contributed by atoms with Crippen LogP contribution in [0.25, 0.3) is 0 Å². The maximum absolute atomic E-state index is 14.8. The lowest BCUT2D eigenvalue weighted by Crippen LogP contribution is -2.38. The predicted molar refractivity (Wildman–Crippen MR) is 296 cm³/mol. The zero-order valence-corrected chi connectivity index (χ0v) is 48.4. The highest BCUT2D eigenvalue weighted by Gasteiger charge is 2.47. The summed E-state index contributed by atoms with van der Waals surface area (Å²) < 4.78 is 99.8. The number of hydrogen-bond donors (Lipinski definition) is 3. The Hall–Kier alpha value is -7.09. The van der Waals surface area contributed by atoms with Gasteiger partial charge in [-0.1, -0.05) is 54.6 Å². The van der Waals surface area contributed by atoms with E-state index in [4.69, 9.17) is 51.3 Å². The van der Waals surface area contributed by atoms with Crippen molar-refractivity contribution in [2.75, 3.05) is 47.4 Å². The number of methoxy groups -OCH3 is 2. The number of carbonyl (C=O) groups excluding carboxylic acids is 1. The molecule has 0 bridgehead atoms. The third kappa shape index (κ3) is 13.6. The van der Waals surface area contributed by atoms with Gasteiger partial charge in [0.15, 0.2) is 0 Å². The molecule has 3 saturated heterocycles. The fourth-order valence-corrected chi connectivity index (χ4v) is 12.7. The van der Waals surface area contributed by atoms with Gasteiger partial charge >= 0.3 is 38.2 Å². The number of nitrogens with one attached hydrogen (secondary N) is 3. The molecule has 0 spiro atoms. The lowest BCUT2D eigenvalue weighted by molar-refractivity contribution is -0.150. The summed E-state index contributed by atoms with van der Waals surface area (Å²) in [7, 11) is -5.37. The van der Waals surface area contributed by atoms with Gasteiger partial charge in [-0.15, -0.1) is 0 Å². The van der Waals surface area contributed by atoms with Crippen LogP contribution in [0.2, 0.25) is 0 Å². The van der Waals surface area contributed by atoms with E-state index in [0.717, 1.165) is 21.4 Å². The fraction of sp³-hybridized carbons (Fsp3) is 0.436. The Morgan fingerprint density at radius 3 is 1.27 bits per heavy atom. The van der Waals surface area contributed by atoms with Crippen LogP contribution in [0.5, 0.6) is 11.5 Å². The van der Waals surface area contributed by atoms with Gasteiger partial charge in [0.2, 0.25) is 0 Å². The molecule has 444 valence electrons. The monoisotopic (exact) mass is 1190 g/mol. The Morgan fingerprint density at radius 1 is 0.542 bits per heavy atom. The maximum atomic E-state index is 14.8. The molecule has 0 aliphatic carbocycles. The molecule has 0 radical (unpaired) electrons. The second kappa shape index (κ2) is 25.0. The molecule has 26 nitrogen and oxygen atoms in total. The van der Waals surface area contributed by atoms with Gasteiger partial charge < -0.3 is 51.3 Å². The zero-order valence-electron chi connectivity index (χ0n) is 46.6. The highest BCUT2D eigenvalue weighted by atomic mass is 31.2. The van der Waals surface area contributed by atoms with Gasteiger partial charge in [-0.3, -0.25) is 57.0 Å². The first kappa shape index (κ1) is 60.5. The largest absolute Gasteiger partial charge is 0.497 e. The molecule has 0 unspecified atom stereocenters. The molecule has 0 amide bonds. The summed E-state index contributed by atoms with van der Waals surface area (Å²) in [4.78, 5) is 95.3. The minimum absolute atomic E-state index is 0.0352. The highest BCUT2D eigenvalue weighted by Crippen LogP contribution is 2.53. The van der Waals surface area contributed by atoms with Crippen LogP contribution in [0.15, 0.2) is 126 Å². The molecular weight excluding hydrogens is 1130 g/mol. The minimum atomic E-state index is -4.28. The number of carbonyl (C=O) groups is 1. The van der Waals surface area contributed by atoms with Gasteiger partial charge in [0.1, 0.15) is 60.2 Å². The summed E-state index contributed by atoms with van der Waals surface area (Å²) in [5, 5.41) is 0. The first-order valence-corrected chi connectivity index (χ1v) is 30.3. The lowest BCUT2D eigenvalue weighted by Gasteiger charge is -2.37. The lowest BCUT2D eigenvalue weighted by atomic mass is 9.80. The van der Waals surface area contributed by atoms with Crippen molar-refractivity contribution in [3.63, 3.8) is 0 Å². The van der Waals surface area contributed by atoms with Crippen molar-refractivity contribution < 1.29 is 65.2 Å². The van der Waals surface area contributed by atoms with Gasteiger partial charge in [-0.2, -0.15) is 0 Å². The molecule has 3 N–H and O–H groups in total. The standard InChI is InChI=1S/C55H64N6O20P2/c1-31-25-59(52(66)56-49(31)63)46-22-40(76-34(4)62)44(78-46)29-74-82(7,69)81-42-24-48(61-27-33(3)51(65)58-54(61)68)79-45(42)30-75-83(8,70)80-41-23-47(60-26-32(2)50(64)57-53(60)67)77-43(41)28-73-55(35-12-10-9-11-13-35,36-14-18-38(71-5)19-15-36)37-16-20-39(72-6)21-17-37/h9-21,25-27,40-48H,22-24,28-30H2,1-8H3,(H,56,63,66)(H,57,64,67)(H,58,65,68)/t40-,41-,42-,43+,44+,45+,46+,47+,48+,82-,83-/m0/s1. The summed E-state index contributed by atoms with van der Waals surface area (Å²) in [5.41, 5.74) is -2.86. The summed E-state index contributed by atoms with van der Waals surface area (Å²) >= 11 is 0. The molecule has 9 rings (SSSR count). The minimum Gasteiger partial charge on any atom is -0.497 e. The maximum Gasteiger partial charge on any atom is 0.330 e. The van der Waals surface area contributed by atoms with Gasteiger partial charge in [-0.05, 0) is 61.7 Å². The molecule has 83 heavy (non-hydrogen) atoms. The number of nitrogens with zero attached hydrogens (tertiary/aromatic N) is 3. The summed E-state index contributed by atoms with van der Waals surface area (Å²) in [6.07, 6.45) is -6.42. The molecule has 0 saturated carbocycles. The molecule has 3 aliphatic heterocycles. The quantitative estimate of drug-likeness (QED) is 0.0465. The Labute approximate surface area is 473 Å². The molecule has 6 aromatic rings. The Kier molecular flexibility index (Phi) is 18.2. The highest BCUT2D eigenvalue weighted by molar-refractivity contribution is 7.53. The van der Waals surface area contributed by atoms with Crippen molar-refractivity contribution in [1.82, 2.24) is 28.7 Å². The Morgan fingerprint density at radius 2 is 0.892 bits per heavy atom. The third-order valence-electron chi connectivity index (χ3n) is 14.5. The first-order chi connectivity index (χ1) is 39.5. The van der Waals surface area contributed by atoms with E-state index < -0.39 is 129 Å². The van der Waals surface area contributed by atoms with Crippen LogP contribution >= 0.6 is 15.2 Å². The van der Waals surface area contributed by atoms with Gasteiger partial charge in [0.05, 0.1) is 46.2 Å². The average Bonchev–Trinajstić information content (AvgIpc) is 4.33. The molecule has 3 fully saturated rings. The number of aryl methyl sites for hydroxylation is 3. The molecule has 6 heterocycles. The Bertz CT molecular complexity index is 3740. The number of aromatic amines is 3. The molecule has 3 aromatic heterocycles.